The van der Waals surface area contributed by atoms with Crippen LogP contribution in [0.2, 0.25) is 0 Å². The van der Waals surface area contributed by atoms with Crippen molar-refractivity contribution in [1.82, 2.24) is 10.2 Å². The van der Waals surface area contributed by atoms with E-state index in [2.05, 4.69) is 5.32 Å². The smallest absolute Gasteiger partial charge is 0.416 e. The number of hydrogen-bond donors (Lipinski definition) is 1. The molecule has 12 heteroatoms. The molecule has 36 heavy (non-hydrogen) atoms. The molecule has 0 aliphatic carbocycles. The molecular formula is C24H30F3N3O5S. The first-order valence-electron chi connectivity index (χ1n) is 11.1. The van der Waals surface area contributed by atoms with Gasteiger partial charge in [-0.25, -0.2) is 8.42 Å². The Balaban J connectivity index is 2.42. The number of carbonyl (C=O) groups is 2. The lowest BCUT2D eigenvalue weighted by Crippen LogP contribution is -2.51. The average molecular weight is 530 g/mol. The Bertz CT molecular complexity index is 1150. The van der Waals surface area contributed by atoms with Crippen LogP contribution in [-0.4, -0.2) is 57.6 Å². The summed E-state index contributed by atoms with van der Waals surface area (Å²) in [7, 11) is -2.65. The van der Waals surface area contributed by atoms with Gasteiger partial charge in [-0.05, 0) is 49.2 Å². The monoisotopic (exact) mass is 529 g/mol. The maximum absolute atomic E-state index is 13.4. The molecule has 0 saturated heterocycles. The van der Waals surface area contributed by atoms with Gasteiger partial charge in [0.2, 0.25) is 21.8 Å². The van der Waals surface area contributed by atoms with E-state index in [0.717, 1.165) is 18.4 Å². The second-order valence-electron chi connectivity index (χ2n) is 8.15. The molecule has 0 radical (unpaired) electrons. The zero-order valence-corrected chi connectivity index (χ0v) is 21.3. The first kappa shape index (κ1) is 29.0. The number of carbonyl (C=O) groups excluding carboxylic acids is 2. The van der Waals surface area contributed by atoms with E-state index < -0.39 is 46.2 Å². The third-order valence-electron chi connectivity index (χ3n) is 5.37. The van der Waals surface area contributed by atoms with E-state index in [-0.39, 0.29) is 12.2 Å². The fourth-order valence-corrected chi connectivity index (χ4v) is 4.20. The van der Waals surface area contributed by atoms with E-state index in [1.54, 1.807) is 24.3 Å². The van der Waals surface area contributed by atoms with Crippen LogP contribution in [0.3, 0.4) is 0 Å². The Morgan fingerprint density at radius 3 is 2.28 bits per heavy atom. The Morgan fingerprint density at radius 1 is 1.11 bits per heavy atom. The molecule has 0 heterocycles. The molecule has 0 saturated carbocycles. The highest BCUT2D eigenvalue weighted by atomic mass is 32.2. The van der Waals surface area contributed by atoms with Gasteiger partial charge in [0.1, 0.15) is 18.3 Å². The molecule has 2 aromatic rings. The van der Waals surface area contributed by atoms with Gasteiger partial charge in [0.25, 0.3) is 0 Å². The molecule has 0 spiro atoms. The highest BCUT2D eigenvalue weighted by Gasteiger charge is 2.33. The van der Waals surface area contributed by atoms with Crippen molar-refractivity contribution in [1.29, 1.82) is 0 Å². The number of methoxy groups -OCH3 is 1. The topological polar surface area (TPSA) is 96.0 Å². The van der Waals surface area contributed by atoms with Crippen LogP contribution in [0.4, 0.5) is 18.9 Å². The molecule has 0 aliphatic heterocycles. The minimum atomic E-state index is -4.70. The van der Waals surface area contributed by atoms with E-state index >= 15 is 0 Å². The number of hydrogen-bond acceptors (Lipinski definition) is 5. The zero-order chi connectivity index (χ0) is 27.1. The Hall–Kier alpha value is -3.28. The molecule has 8 nitrogen and oxygen atoms in total. The number of nitrogens with one attached hydrogen (secondary N) is 1. The summed E-state index contributed by atoms with van der Waals surface area (Å²) in [5.74, 6) is -0.616. The minimum absolute atomic E-state index is 0.0380. The predicted octanol–water partition coefficient (Wildman–Crippen LogP) is 3.42. The Labute approximate surface area is 209 Å². The number of benzene rings is 2. The fraction of sp³-hybridized carbons (Fsp3) is 0.417. The molecule has 0 fully saturated rings. The molecule has 0 bridgehead atoms. The molecule has 1 N–H and O–H groups in total. The average Bonchev–Trinajstić information content (AvgIpc) is 2.83. The molecular weight excluding hydrogens is 499 g/mol. The number of halogens is 3. The van der Waals surface area contributed by atoms with Crippen LogP contribution in [0.15, 0.2) is 48.5 Å². The minimum Gasteiger partial charge on any atom is -0.497 e. The summed E-state index contributed by atoms with van der Waals surface area (Å²) in [6, 6.07) is 9.46. The molecule has 0 aliphatic rings. The summed E-state index contributed by atoms with van der Waals surface area (Å²) in [5, 5.41) is 2.70. The van der Waals surface area contributed by atoms with Crippen molar-refractivity contribution in [3.8, 4) is 5.75 Å². The number of sulfonamides is 1. The van der Waals surface area contributed by atoms with Gasteiger partial charge >= 0.3 is 6.18 Å². The van der Waals surface area contributed by atoms with Crippen molar-refractivity contribution in [3.05, 3.63) is 59.7 Å². The molecule has 1 atom stereocenters. The first-order valence-corrected chi connectivity index (χ1v) is 13.0. The molecule has 1 unspecified atom stereocenters. The van der Waals surface area contributed by atoms with Crippen LogP contribution in [0, 0.1) is 0 Å². The van der Waals surface area contributed by atoms with Gasteiger partial charge in [-0.1, -0.05) is 25.1 Å². The number of anilines is 1. The second kappa shape index (κ2) is 12.1. The summed E-state index contributed by atoms with van der Waals surface area (Å²) in [6.07, 6.45) is -3.23. The van der Waals surface area contributed by atoms with Gasteiger partial charge in [0.15, 0.2) is 0 Å². The van der Waals surface area contributed by atoms with Gasteiger partial charge in [-0.2, -0.15) is 13.2 Å². The van der Waals surface area contributed by atoms with Crippen LogP contribution in [0.5, 0.6) is 5.75 Å². The number of ether oxygens (including phenoxy) is 1. The van der Waals surface area contributed by atoms with Gasteiger partial charge in [-0.3, -0.25) is 13.9 Å². The van der Waals surface area contributed by atoms with Crippen molar-refractivity contribution >= 4 is 27.5 Å². The zero-order valence-electron chi connectivity index (χ0n) is 20.5. The maximum Gasteiger partial charge on any atom is 0.416 e. The number of amides is 2. The van der Waals surface area contributed by atoms with E-state index in [9.17, 15) is 31.2 Å². The SMILES string of the molecule is CCCNC(=O)C(C)N(Cc1ccc(OC)cc1)C(=O)CN(c1cccc(C(F)(F)F)c1)S(C)(=O)=O. The quantitative estimate of drug-likeness (QED) is 0.481. The van der Waals surface area contributed by atoms with Crippen LogP contribution >= 0.6 is 0 Å². The summed E-state index contributed by atoms with van der Waals surface area (Å²) >= 11 is 0. The molecule has 2 amide bonds. The standard InChI is InChI=1S/C24H30F3N3O5S/c1-5-13-28-23(32)17(2)29(15-18-9-11-21(35-3)12-10-18)22(31)16-30(36(4,33)34)20-8-6-7-19(14-20)24(25,26)27/h6-12,14,17H,5,13,15-16H2,1-4H3,(H,28,32). The van der Waals surface area contributed by atoms with Crippen molar-refractivity contribution in [2.75, 3.05) is 30.8 Å². The van der Waals surface area contributed by atoms with Crippen LogP contribution in [-0.2, 0) is 32.3 Å². The molecule has 198 valence electrons. The maximum atomic E-state index is 13.4. The second-order valence-corrected chi connectivity index (χ2v) is 10.1. The summed E-state index contributed by atoms with van der Waals surface area (Å²) < 4.78 is 70.4. The van der Waals surface area contributed by atoms with Crippen molar-refractivity contribution in [2.24, 2.45) is 0 Å². The van der Waals surface area contributed by atoms with Crippen LogP contribution in [0.1, 0.15) is 31.4 Å². The number of alkyl halides is 3. The summed E-state index contributed by atoms with van der Waals surface area (Å²) in [4.78, 5) is 27.3. The highest BCUT2D eigenvalue weighted by molar-refractivity contribution is 7.92. The van der Waals surface area contributed by atoms with Crippen LogP contribution in [0.25, 0.3) is 0 Å². The van der Waals surface area contributed by atoms with Crippen molar-refractivity contribution in [3.63, 3.8) is 0 Å². The van der Waals surface area contributed by atoms with Gasteiger partial charge in [0.05, 0.1) is 24.6 Å². The molecule has 2 aromatic carbocycles. The van der Waals surface area contributed by atoms with E-state index in [4.69, 9.17) is 4.74 Å². The van der Waals surface area contributed by atoms with Crippen molar-refractivity contribution in [2.45, 2.75) is 39.0 Å². The third kappa shape index (κ3) is 7.87. The molecule has 2 rings (SSSR count). The van der Waals surface area contributed by atoms with E-state index in [0.29, 0.717) is 34.7 Å². The third-order valence-corrected chi connectivity index (χ3v) is 6.51. The summed E-state index contributed by atoms with van der Waals surface area (Å²) in [5.41, 5.74) is -0.721. The van der Waals surface area contributed by atoms with Gasteiger partial charge in [0, 0.05) is 13.1 Å². The number of nitrogens with zero attached hydrogens (tertiary/aromatic N) is 2. The lowest BCUT2D eigenvalue weighted by molar-refractivity contribution is -0.139. The summed E-state index contributed by atoms with van der Waals surface area (Å²) in [6.45, 7) is 2.92. The van der Waals surface area contributed by atoms with E-state index in [1.807, 2.05) is 6.92 Å². The number of rotatable bonds is 11. The largest absolute Gasteiger partial charge is 0.497 e. The van der Waals surface area contributed by atoms with Gasteiger partial charge in [-0.15, -0.1) is 0 Å². The normalized spacial score (nSPS) is 12.5. The van der Waals surface area contributed by atoms with E-state index in [1.165, 1.54) is 25.0 Å². The fourth-order valence-electron chi connectivity index (χ4n) is 3.36. The Morgan fingerprint density at radius 2 is 1.75 bits per heavy atom. The first-order chi connectivity index (χ1) is 16.8. The van der Waals surface area contributed by atoms with Crippen molar-refractivity contribution < 1.29 is 35.9 Å². The van der Waals surface area contributed by atoms with Gasteiger partial charge < -0.3 is 15.0 Å². The molecule has 0 aromatic heterocycles. The lowest BCUT2D eigenvalue weighted by Gasteiger charge is -2.31. The Kier molecular flexibility index (Phi) is 9.74. The highest BCUT2D eigenvalue weighted by Crippen LogP contribution is 2.32. The predicted molar refractivity (Wildman–Crippen MR) is 130 cm³/mol. The lowest BCUT2D eigenvalue weighted by atomic mass is 10.1. The van der Waals surface area contributed by atoms with Crippen LogP contribution < -0.4 is 14.4 Å².